The van der Waals surface area contributed by atoms with E-state index in [1.165, 1.54) is 0 Å². The number of hydrogen-bond acceptors (Lipinski definition) is 5. The molecule has 0 spiro atoms. The molecule has 6 nitrogen and oxygen atoms in total. The second-order valence-electron chi connectivity index (χ2n) is 6.50. The van der Waals surface area contributed by atoms with E-state index in [0.29, 0.717) is 24.5 Å². The van der Waals surface area contributed by atoms with Gasteiger partial charge in [0, 0.05) is 19.6 Å². The largest absolute Gasteiger partial charge is 0.342 e. The third-order valence-corrected chi connectivity index (χ3v) is 5.23. The minimum absolute atomic E-state index is 0.140. The monoisotopic (exact) mass is 327 g/mol. The normalized spacial score (nSPS) is 19.7. The average Bonchev–Trinajstić information content (AvgIpc) is 3.11. The van der Waals surface area contributed by atoms with Crippen LogP contribution in [0.15, 0.2) is 0 Å². The first-order valence-corrected chi connectivity index (χ1v) is 9.05. The van der Waals surface area contributed by atoms with Crippen LogP contribution in [0.5, 0.6) is 0 Å². The van der Waals surface area contributed by atoms with Gasteiger partial charge in [-0.05, 0) is 57.9 Å². The highest BCUT2D eigenvalue weighted by atomic mass is 16.2. The van der Waals surface area contributed by atoms with Crippen LogP contribution >= 0.6 is 0 Å². The molecule has 1 saturated heterocycles. The minimum Gasteiger partial charge on any atom is -0.342 e. The van der Waals surface area contributed by atoms with Crippen molar-refractivity contribution in [3.05, 3.63) is 16.8 Å². The van der Waals surface area contributed by atoms with Gasteiger partial charge >= 0.3 is 0 Å². The summed E-state index contributed by atoms with van der Waals surface area (Å²) in [7, 11) is 0. The number of fused-ring (bicyclic) bond motifs is 1. The van der Waals surface area contributed by atoms with E-state index in [1.54, 1.807) is 0 Å². The number of anilines is 1. The van der Waals surface area contributed by atoms with E-state index >= 15 is 0 Å². The quantitative estimate of drug-likeness (QED) is 0.846. The Morgan fingerprint density at radius 1 is 1.25 bits per heavy atom. The maximum absolute atomic E-state index is 12.8. The number of nitriles is 1. The van der Waals surface area contributed by atoms with E-state index < -0.39 is 0 Å². The average molecular weight is 327 g/mol. The number of carbonyl (C=O) groups excluding carboxylic acids is 1. The number of aryl methyl sites for hydroxylation is 1. The van der Waals surface area contributed by atoms with Crippen molar-refractivity contribution in [3.63, 3.8) is 0 Å². The van der Waals surface area contributed by atoms with Gasteiger partial charge in [-0.25, -0.2) is 0 Å². The Labute approximate surface area is 143 Å². The first-order valence-electron chi connectivity index (χ1n) is 9.05. The van der Waals surface area contributed by atoms with E-state index in [9.17, 15) is 10.1 Å². The predicted molar refractivity (Wildman–Crippen MR) is 91.7 cm³/mol. The highest BCUT2D eigenvalue weighted by Gasteiger charge is 2.36. The summed E-state index contributed by atoms with van der Waals surface area (Å²) in [6, 6.07) is 2.13. The number of aromatic nitrogens is 2. The van der Waals surface area contributed by atoms with Gasteiger partial charge in [0.05, 0.1) is 5.69 Å². The van der Waals surface area contributed by atoms with Gasteiger partial charge in [-0.1, -0.05) is 0 Å². The Hall–Kier alpha value is -2.16. The third kappa shape index (κ3) is 2.83. The summed E-state index contributed by atoms with van der Waals surface area (Å²) in [5.74, 6) is 0.752. The zero-order valence-electron chi connectivity index (χ0n) is 14.6. The molecule has 0 N–H and O–H groups in total. The molecule has 1 atom stereocenters. The van der Waals surface area contributed by atoms with Crippen LogP contribution < -0.4 is 4.90 Å². The minimum atomic E-state index is -0.215. The predicted octanol–water partition coefficient (Wildman–Crippen LogP) is 2.06. The van der Waals surface area contributed by atoms with Crippen LogP contribution in [0.25, 0.3) is 0 Å². The maximum atomic E-state index is 12.8. The molecule has 1 fully saturated rings. The smallest absolute Gasteiger partial charge is 0.245 e. The Kier molecular flexibility index (Phi) is 4.98. The van der Waals surface area contributed by atoms with E-state index in [1.807, 2.05) is 23.6 Å². The van der Waals surface area contributed by atoms with Gasteiger partial charge in [-0.2, -0.15) is 10.4 Å². The second-order valence-corrected chi connectivity index (χ2v) is 6.50. The van der Waals surface area contributed by atoms with E-state index in [2.05, 4.69) is 16.3 Å². The molecule has 6 heteroatoms. The number of carbonyl (C=O) groups is 1. The molecule has 1 amide bonds. The van der Waals surface area contributed by atoms with Crippen LogP contribution in [-0.4, -0.2) is 46.7 Å². The van der Waals surface area contributed by atoms with E-state index in [0.717, 1.165) is 56.3 Å². The van der Waals surface area contributed by atoms with E-state index in [-0.39, 0.29) is 11.9 Å². The summed E-state index contributed by atoms with van der Waals surface area (Å²) in [5, 5.41) is 18.5. The molecule has 0 aromatic carbocycles. The van der Waals surface area contributed by atoms with Crippen molar-refractivity contribution in [2.45, 2.75) is 58.4 Å². The Bertz CT molecular complexity index is 662. The number of likely N-dealkylation sites (N-methyl/N-ethyl adjacent to an activating group) is 1. The Balaban J connectivity index is 1.96. The van der Waals surface area contributed by atoms with Gasteiger partial charge < -0.3 is 9.80 Å². The summed E-state index contributed by atoms with van der Waals surface area (Å²) >= 11 is 0. The van der Waals surface area contributed by atoms with Gasteiger partial charge in [-0.3, -0.25) is 4.79 Å². The summed E-state index contributed by atoms with van der Waals surface area (Å²) in [6.07, 6.45) is 5.76. The molecule has 24 heavy (non-hydrogen) atoms. The molecular formula is C18H25N5O. The zero-order chi connectivity index (χ0) is 17.1. The standard InChI is InChI=1S/C18H25N5O/c1-3-22(4-2)18(24)16-10-7-11-23(16)17-14(12-19)13-8-5-6-9-15(13)20-21-17/h16H,3-11H2,1-2H3. The molecule has 2 aliphatic rings. The number of nitrogens with zero attached hydrogens (tertiary/aromatic N) is 5. The van der Waals surface area contributed by atoms with Crippen LogP contribution in [0, 0.1) is 11.3 Å². The van der Waals surface area contributed by atoms with Crippen LogP contribution in [0.1, 0.15) is 56.4 Å². The summed E-state index contributed by atoms with van der Waals surface area (Å²) in [5.41, 5.74) is 2.65. The number of amides is 1. The molecule has 128 valence electrons. The van der Waals surface area contributed by atoms with E-state index in [4.69, 9.17) is 0 Å². The van der Waals surface area contributed by atoms with Gasteiger partial charge in [-0.15, -0.1) is 5.10 Å². The first-order chi connectivity index (χ1) is 11.7. The lowest BCUT2D eigenvalue weighted by molar-refractivity contribution is -0.132. The third-order valence-electron chi connectivity index (χ3n) is 5.23. The molecule has 0 saturated carbocycles. The second kappa shape index (κ2) is 7.16. The fourth-order valence-corrected chi connectivity index (χ4v) is 3.90. The topological polar surface area (TPSA) is 73.1 Å². The van der Waals surface area contributed by atoms with Gasteiger partial charge in [0.2, 0.25) is 5.91 Å². The lowest BCUT2D eigenvalue weighted by Crippen LogP contribution is -2.46. The molecule has 0 bridgehead atoms. The highest BCUT2D eigenvalue weighted by Crippen LogP contribution is 2.32. The van der Waals surface area contributed by atoms with Crippen molar-refractivity contribution in [2.75, 3.05) is 24.5 Å². The molecule has 1 aliphatic carbocycles. The van der Waals surface area contributed by atoms with Gasteiger partial charge in [0.1, 0.15) is 17.7 Å². The lowest BCUT2D eigenvalue weighted by atomic mass is 9.93. The number of hydrogen-bond donors (Lipinski definition) is 0. The maximum Gasteiger partial charge on any atom is 0.245 e. The van der Waals surface area contributed by atoms with Crippen molar-refractivity contribution in [3.8, 4) is 6.07 Å². The molecule has 2 heterocycles. The van der Waals surface area contributed by atoms with Crippen molar-refractivity contribution >= 4 is 11.7 Å². The first kappa shape index (κ1) is 16.7. The summed E-state index contributed by atoms with van der Waals surface area (Å²) in [6.45, 7) is 6.18. The molecule has 0 radical (unpaired) electrons. The molecular weight excluding hydrogens is 302 g/mol. The van der Waals surface area contributed by atoms with Crippen LogP contribution in [0.2, 0.25) is 0 Å². The van der Waals surface area contributed by atoms with Gasteiger partial charge in [0.15, 0.2) is 5.82 Å². The highest BCUT2D eigenvalue weighted by molar-refractivity contribution is 5.86. The Morgan fingerprint density at radius 2 is 2.00 bits per heavy atom. The fraction of sp³-hybridized carbons (Fsp3) is 0.667. The van der Waals surface area contributed by atoms with Crippen LogP contribution in [-0.2, 0) is 17.6 Å². The van der Waals surface area contributed by atoms with Crippen LogP contribution in [0.4, 0.5) is 5.82 Å². The Morgan fingerprint density at radius 3 is 2.71 bits per heavy atom. The lowest BCUT2D eigenvalue weighted by Gasteiger charge is -2.30. The van der Waals surface area contributed by atoms with Crippen molar-refractivity contribution in [1.29, 1.82) is 5.26 Å². The molecule has 1 aromatic heterocycles. The van der Waals surface area contributed by atoms with Crippen LogP contribution in [0.3, 0.4) is 0 Å². The van der Waals surface area contributed by atoms with Crippen molar-refractivity contribution in [2.24, 2.45) is 0 Å². The van der Waals surface area contributed by atoms with Gasteiger partial charge in [0.25, 0.3) is 0 Å². The molecule has 1 unspecified atom stereocenters. The molecule has 1 aliphatic heterocycles. The number of rotatable bonds is 4. The molecule has 1 aromatic rings. The van der Waals surface area contributed by atoms with Crippen molar-refractivity contribution < 1.29 is 4.79 Å². The SMILES string of the molecule is CCN(CC)C(=O)C1CCCN1c1nnc2c(c1C#N)CCCC2. The van der Waals surface area contributed by atoms with Crippen molar-refractivity contribution in [1.82, 2.24) is 15.1 Å². The summed E-state index contributed by atoms with van der Waals surface area (Å²) < 4.78 is 0. The fourth-order valence-electron chi connectivity index (χ4n) is 3.90. The summed E-state index contributed by atoms with van der Waals surface area (Å²) in [4.78, 5) is 16.7. The zero-order valence-corrected chi connectivity index (χ0v) is 14.6. The molecule has 3 rings (SSSR count).